The highest BCUT2D eigenvalue weighted by Gasteiger charge is 2.15. The predicted molar refractivity (Wildman–Crippen MR) is 82.7 cm³/mol. The van der Waals surface area contributed by atoms with Gasteiger partial charge in [0.2, 0.25) is 5.82 Å². The van der Waals surface area contributed by atoms with E-state index in [-0.39, 0.29) is 11.5 Å². The SMILES string of the molecule is O=[N+]([O-])c1cccnc1Nc1cnn(-c2ccccc2Cl)c1. The molecule has 1 N–H and O–H groups in total. The van der Waals surface area contributed by atoms with Gasteiger partial charge in [-0.2, -0.15) is 5.10 Å². The molecule has 3 rings (SSSR count). The van der Waals surface area contributed by atoms with Crippen LogP contribution in [0.5, 0.6) is 0 Å². The normalized spacial score (nSPS) is 10.4. The van der Waals surface area contributed by atoms with E-state index < -0.39 is 4.92 Å². The molecule has 8 heteroatoms. The summed E-state index contributed by atoms with van der Waals surface area (Å²) in [6, 6.07) is 10.1. The number of halogens is 1. The van der Waals surface area contributed by atoms with Crippen molar-refractivity contribution in [2.24, 2.45) is 0 Å². The Labute approximate surface area is 130 Å². The van der Waals surface area contributed by atoms with Gasteiger partial charge in [-0.25, -0.2) is 9.67 Å². The lowest BCUT2D eigenvalue weighted by Crippen LogP contribution is -1.98. The molecule has 3 aromatic rings. The summed E-state index contributed by atoms with van der Waals surface area (Å²) in [6.07, 6.45) is 4.70. The fourth-order valence-electron chi connectivity index (χ4n) is 1.93. The van der Waals surface area contributed by atoms with Crippen LogP contribution in [0.2, 0.25) is 5.02 Å². The largest absolute Gasteiger partial charge is 0.332 e. The molecule has 0 amide bonds. The molecule has 7 nitrogen and oxygen atoms in total. The van der Waals surface area contributed by atoms with Crippen molar-refractivity contribution >= 4 is 28.8 Å². The van der Waals surface area contributed by atoms with Crippen molar-refractivity contribution in [2.75, 3.05) is 5.32 Å². The topological polar surface area (TPSA) is 85.9 Å². The number of benzene rings is 1. The van der Waals surface area contributed by atoms with Crippen LogP contribution in [0.3, 0.4) is 0 Å². The van der Waals surface area contributed by atoms with E-state index in [9.17, 15) is 10.1 Å². The zero-order chi connectivity index (χ0) is 15.5. The van der Waals surface area contributed by atoms with Crippen LogP contribution in [0.15, 0.2) is 55.0 Å². The van der Waals surface area contributed by atoms with Crippen LogP contribution in [0, 0.1) is 10.1 Å². The summed E-state index contributed by atoms with van der Waals surface area (Å²) < 4.78 is 1.58. The zero-order valence-corrected chi connectivity index (χ0v) is 11.9. The van der Waals surface area contributed by atoms with E-state index in [1.807, 2.05) is 18.2 Å². The average Bonchev–Trinajstić information content (AvgIpc) is 2.96. The number of aromatic nitrogens is 3. The smallest absolute Gasteiger partial charge is 0.311 e. The summed E-state index contributed by atoms with van der Waals surface area (Å²) in [6.45, 7) is 0. The summed E-state index contributed by atoms with van der Waals surface area (Å²) >= 11 is 6.11. The van der Waals surface area contributed by atoms with E-state index in [1.165, 1.54) is 18.3 Å². The minimum Gasteiger partial charge on any atom is -0.332 e. The summed E-state index contributed by atoms with van der Waals surface area (Å²) in [5.74, 6) is 0.159. The molecule has 0 aliphatic rings. The second kappa shape index (κ2) is 5.82. The van der Waals surface area contributed by atoms with Crippen LogP contribution in [-0.2, 0) is 0 Å². The van der Waals surface area contributed by atoms with Crippen molar-refractivity contribution in [1.82, 2.24) is 14.8 Å². The fraction of sp³-hybridized carbons (Fsp3) is 0. The van der Waals surface area contributed by atoms with E-state index in [0.29, 0.717) is 16.4 Å². The number of anilines is 2. The molecule has 2 aromatic heterocycles. The third kappa shape index (κ3) is 2.75. The van der Waals surface area contributed by atoms with Gasteiger partial charge < -0.3 is 5.32 Å². The molecule has 0 aliphatic carbocycles. The molecule has 0 fully saturated rings. The van der Waals surface area contributed by atoms with Gasteiger partial charge in [-0.15, -0.1) is 0 Å². The number of pyridine rings is 1. The first kappa shape index (κ1) is 14.0. The van der Waals surface area contributed by atoms with Crippen molar-refractivity contribution in [3.8, 4) is 5.69 Å². The standard InChI is InChI=1S/C14H10ClN5O2/c15-11-4-1-2-5-12(11)19-9-10(8-17-19)18-14-13(20(21)22)6-3-7-16-14/h1-9H,(H,16,18). The van der Waals surface area contributed by atoms with Crippen LogP contribution >= 0.6 is 11.6 Å². The molecule has 0 saturated carbocycles. The number of nitrogens with one attached hydrogen (secondary N) is 1. The fourth-order valence-corrected chi connectivity index (χ4v) is 2.16. The number of rotatable bonds is 4. The maximum atomic E-state index is 11.0. The Bertz CT molecular complexity index is 833. The third-order valence-electron chi connectivity index (χ3n) is 2.93. The molecule has 0 spiro atoms. The minimum atomic E-state index is -0.492. The number of hydrogen-bond acceptors (Lipinski definition) is 5. The lowest BCUT2D eigenvalue weighted by molar-refractivity contribution is -0.384. The molecule has 0 unspecified atom stereocenters. The minimum absolute atomic E-state index is 0.104. The Morgan fingerprint density at radius 1 is 1.23 bits per heavy atom. The van der Waals surface area contributed by atoms with Crippen LogP contribution < -0.4 is 5.32 Å². The predicted octanol–water partition coefficient (Wildman–Crippen LogP) is 3.57. The quantitative estimate of drug-likeness (QED) is 0.587. The number of nitro groups is 1. The number of hydrogen-bond donors (Lipinski definition) is 1. The molecular weight excluding hydrogens is 306 g/mol. The Morgan fingerprint density at radius 2 is 2.05 bits per heavy atom. The second-order valence-corrected chi connectivity index (χ2v) is 4.79. The van der Waals surface area contributed by atoms with E-state index in [4.69, 9.17) is 11.6 Å². The Kier molecular flexibility index (Phi) is 3.71. The molecule has 2 heterocycles. The van der Waals surface area contributed by atoms with E-state index in [2.05, 4.69) is 15.4 Å². The number of para-hydroxylation sites is 1. The molecule has 0 bridgehead atoms. The lowest BCUT2D eigenvalue weighted by Gasteiger charge is -2.04. The Morgan fingerprint density at radius 3 is 2.82 bits per heavy atom. The van der Waals surface area contributed by atoms with E-state index in [0.717, 1.165) is 0 Å². The van der Waals surface area contributed by atoms with Crippen LogP contribution in [0.4, 0.5) is 17.2 Å². The highest BCUT2D eigenvalue weighted by Crippen LogP contribution is 2.25. The monoisotopic (exact) mass is 315 g/mol. The van der Waals surface area contributed by atoms with Crippen molar-refractivity contribution in [3.63, 3.8) is 0 Å². The van der Waals surface area contributed by atoms with Gasteiger partial charge in [0.05, 0.1) is 33.7 Å². The number of nitrogens with zero attached hydrogens (tertiary/aromatic N) is 4. The molecule has 0 atom stereocenters. The van der Waals surface area contributed by atoms with Gasteiger partial charge in [-0.05, 0) is 18.2 Å². The van der Waals surface area contributed by atoms with Gasteiger partial charge in [-0.3, -0.25) is 10.1 Å². The van der Waals surface area contributed by atoms with Crippen molar-refractivity contribution < 1.29 is 4.92 Å². The van der Waals surface area contributed by atoms with Gasteiger partial charge in [0.25, 0.3) is 0 Å². The summed E-state index contributed by atoms with van der Waals surface area (Å²) in [5, 5.41) is 18.6. The first-order chi connectivity index (χ1) is 10.6. The second-order valence-electron chi connectivity index (χ2n) is 4.38. The van der Waals surface area contributed by atoms with Crippen molar-refractivity contribution in [2.45, 2.75) is 0 Å². The maximum absolute atomic E-state index is 11.0. The highest BCUT2D eigenvalue weighted by atomic mass is 35.5. The maximum Gasteiger partial charge on any atom is 0.311 e. The van der Waals surface area contributed by atoms with E-state index in [1.54, 1.807) is 23.1 Å². The highest BCUT2D eigenvalue weighted by molar-refractivity contribution is 6.32. The van der Waals surface area contributed by atoms with Gasteiger partial charge >= 0.3 is 5.69 Å². The third-order valence-corrected chi connectivity index (χ3v) is 3.25. The van der Waals surface area contributed by atoms with Gasteiger partial charge in [0, 0.05) is 12.3 Å². The summed E-state index contributed by atoms with van der Waals surface area (Å²) in [4.78, 5) is 14.5. The van der Waals surface area contributed by atoms with Crippen molar-refractivity contribution in [3.05, 3.63) is 70.1 Å². The van der Waals surface area contributed by atoms with Crippen LogP contribution in [-0.4, -0.2) is 19.7 Å². The molecule has 1 aromatic carbocycles. The lowest BCUT2D eigenvalue weighted by atomic mass is 10.3. The molecule has 22 heavy (non-hydrogen) atoms. The Hall–Kier alpha value is -2.93. The van der Waals surface area contributed by atoms with Crippen LogP contribution in [0.25, 0.3) is 5.69 Å². The van der Waals surface area contributed by atoms with Gasteiger partial charge in [-0.1, -0.05) is 23.7 Å². The summed E-state index contributed by atoms with van der Waals surface area (Å²) in [5.41, 5.74) is 1.18. The van der Waals surface area contributed by atoms with E-state index >= 15 is 0 Å². The Balaban J connectivity index is 1.90. The average molecular weight is 316 g/mol. The first-order valence-electron chi connectivity index (χ1n) is 6.31. The summed E-state index contributed by atoms with van der Waals surface area (Å²) in [7, 11) is 0. The first-order valence-corrected chi connectivity index (χ1v) is 6.69. The zero-order valence-electron chi connectivity index (χ0n) is 11.2. The molecule has 0 radical (unpaired) electrons. The molecule has 0 aliphatic heterocycles. The molecular formula is C14H10ClN5O2. The van der Waals surface area contributed by atoms with Gasteiger partial charge in [0.1, 0.15) is 0 Å². The molecule has 110 valence electrons. The van der Waals surface area contributed by atoms with Gasteiger partial charge in [0.15, 0.2) is 0 Å². The van der Waals surface area contributed by atoms with Crippen molar-refractivity contribution in [1.29, 1.82) is 0 Å². The molecule has 0 saturated heterocycles. The van der Waals surface area contributed by atoms with Crippen LogP contribution in [0.1, 0.15) is 0 Å².